The van der Waals surface area contributed by atoms with E-state index >= 15 is 0 Å². The van der Waals surface area contributed by atoms with E-state index in [2.05, 4.69) is 4.98 Å². The van der Waals surface area contributed by atoms with Gasteiger partial charge in [-0.25, -0.2) is 0 Å². The molecule has 25 heavy (non-hydrogen) atoms. The Morgan fingerprint density at radius 3 is 2.84 bits per heavy atom. The summed E-state index contributed by atoms with van der Waals surface area (Å²) in [7, 11) is 1.86. The molecule has 3 aliphatic rings. The summed E-state index contributed by atoms with van der Waals surface area (Å²) in [6.45, 7) is 2.18. The zero-order chi connectivity index (χ0) is 17.4. The van der Waals surface area contributed by atoms with Crippen LogP contribution in [0.1, 0.15) is 44.2 Å². The van der Waals surface area contributed by atoms with Crippen LogP contribution in [0.15, 0.2) is 24.4 Å². The topological polar surface area (TPSA) is 53.5 Å². The summed E-state index contributed by atoms with van der Waals surface area (Å²) >= 11 is 0. The third-order valence-electron chi connectivity index (χ3n) is 6.39. The SMILES string of the molecule is CN(Cc1ccccn1)C(=O)C1CC12CCN(C(=O)C1CCCC1)C2. The average molecular weight is 341 g/mol. The largest absolute Gasteiger partial charge is 0.342 e. The van der Waals surface area contributed by atoms with E-state index in [1.807, 2.05) is 30.1 Å². The number of hydrogen-bond acceptors (Lipinski definition) is 3. The first kappa shape index (κ1) is 16.6. The van der Waals surface area contributed by atoms with Crippen LogP contribution in [0.3, 0.4) is 0 Å². The van der Waals surface area contributed by atoms with Crippen LogP contribution in [-0.2, 0) is 16.1 Å². The highest BCUT2D eigenvalue weighted by Gasteiger charge is 2.62. The van der Waals surface area contributed by atoms with Gasteiger partial charge in [0, 0.05) is 43.6 Å². The standard InChI is InChI=1S/C20H27N3O2/c1-22(13-16-8-4-5-10-21-16)19(25)17-12-20(17)9-11-23(14-20)18(24)15-6-2-3-7-15/h4-5,8,10,15,17H,2-3,6-7,9,11-14H2,1H3. The summed E-state index contributed by atoms with van der Waals surface area (Å²) in [5, 5.41) is 0. The summed E-state index contributed by atoms with van der Waals surface area (Å²) in [6.07, 6.45) is 8.17. The Morgan fingerprint density at radius 1 is 1.32 bits per heavy atom. The lowest BCUT2D eigenvalue weighted by atomic mass is 10.0. The quantitative estimate of drug-likeness (QED) is 0.845. The van der Waals surface area contributed by atoms with Crippen molar-refractivity contribution >= 4 is 11.8 Å². The van der Waals surface area contributed by atoms with Crippen molar-refractivity contribution in [3.8, 4) is 0 Å². The van der Waals surface area contributed by atoms with E-state index in [1.54, 1.807) is 11.1 Å². The molecule has 1 aliphatic heterocycles. The number of rotatable bonds is 4. The Labute approximate surface area is 149 Å². The van der Waals surface area contributed by atoms with Crippen LogP contribution in [0.5, 0.6) is 0 Å². The van der Waals surface area contributed by atoms with E-state index < -0.39 is 0 Å². The van der Waals surface area contributed by atoms with E-state index in [1.165, 1.54) is 12.8 Å². The van der Waals surface area contributed by atoms with Gasteiger partial charge in [0.2, 0.25) is 11.8 Å². The number of nitrogens with zero attached hydrogens (tertiary/aromatic N) is 3. The van der Waals surface area contributed by atoms with Crippen LogP contribution in [0.25, 0.3) is 0 Å². The van der Waals surface area contributed by atoms with Crippen molar-refractivity contribution in [3.63, 3.8) is 0 Å². The minimum absolute atomic E-state index is 0.0593. The second kappa shape index (κ2) is 6.43. The lowest BCUT2D eigenvalue weighted by molar-refractivity contribution is -0.135. The molecule has 1 aromatic heterocycles. The number of aromatic nitrogens is 1. The van der Waals surface area contributed by atoms with Gasteiger partial charge in [-0.3, -0.25) is 14.6 Å². The molecule has 0 N–H and O–H groups in total. The van der Waals surface area contributed by atoms with Gasteiger partial charge in [0.25, 0.3) is 0 Å². The molecule has 2 atom stereocenters. The van der Waals surface area contributed by atoms with Gasteiger partial charge in [0.15, 0.2) is 0 Å². The van der Waals surface area contributed by atoms with E-state index in [0.717, 1.165) is 44.5 Å². The third-order valence-corrected chi connectivity index (χ3v) is 6.39. The Morgan fingerprint density at radius 2 is 2.12 bits per heavy atom. The van der Waals surface area contributed by atoms with E-state index in [0.29, 0.717) is 12.5 Å². The van der Waals surface area contributed by atoms with Gasteiger partial charge in [0.1, 0.15) is 0 Å². The lowest BCUT2D eigenvalue weighted by Gasteiger charge is -2.21. The maximum Gasteiger partial charge on any atom is 0.226 e. The van der Waals surface area contributed by atoms with Crippen molar-refractivity contribution < 1.29 is 9.59 Å². The van der Waals surface area contributed by atoms with Crippen molar-refractivity contribution in [2.45, 2.75) is 45.1 Å². The van der Waals surface area contributed by atoms with Gasteiger partial charge < -0.3 is 9.80 Å². The minimum Gasteiger partial charge on any atom is -0.342 e. The van der Waals surface area contributed by atoms with Crippen molar-refractivity contribution in [2.75, 3.05) is 20.1 Å². The highest BCUT2D eigenvalue weighted by Crippen LogP contribution is 2.59. The summed E-state index contributed by atoms with van der Waals surface area (Å²) in [6, 6.07) is 5.78. The van der Waals surface area contributed by atoms with Gasteiger partial charge in [-0.05, 0) is 37.8 Å². The zero-order valence-corrected chi connectivity index (χ0v) is 15.0. The molecule has 2 heterocycles. The normalized spacial score (nSPS) is 28.5. The molecule has 1 aromatic rings. The zero-order valence-electron chi connectivity index (χ0n) is 15.0. The van der Waals surface area contributed by atoms with Crippen LogP contribution < -0.4 is 0 Å². The first-order valence-electron chi connectivity index (χ1n) is 9.53. The molecule has 1 saturated heterocycles. The van der Waals surface area contributed by atoms with Crippen molar-refractivity contribution in [1.82, 2.24) is 14.8 Å². The molecule has 0 radical (unpaired) electrons. The number of amides is 2. The van der Waals surface area contributed by atoms with Crippen LogP contribution in [0.2, 0.25) is 0 Å². The Bertz CT molecular complexity index is 656. The Hall–Kier alpha value is -1.91. The number of likely N-dealkylation sites (tertiary alicyclic amines) is 1. The average Bonchev–Trinajstić information content (AvgIpc) is 2.97. The molecule has 2 amide bonds. The van der Waals surface area contributed by atoms with Gasteiger partial charge in [0.05, 0.1) is 12.2 Å². The molecule has 1 spiro atoms. The van der Waals surface area contributed by atoms with Gasteiger partial charge in [-0.2, -0.15) is 0 Å². The number of pyridine rings is 1. The molecular weight excluding hydrogens is 314 g/mol. The summed E-state index contributed by atoms with van der Waals surface area (Å²) in [5.74, 6) is 0.882. The smallest absolute Gasteiger partial charge is 0.226 e. The predicted octanol–water partition coefficient (Wildman–Crippen LogP) is 2.47. The fourth-order valence-electron chi connectivity index (χ4n) is 4.74. The summed E-state index contributed by atoms with van der Waals surface area (Å²) in [4.78, 5) is 33.6. The minimum atomic E-state index is 0.0593. The van der Waals surface area contributed by atoms with Crippen LogP contribution >= 0.6 is 0 Å². The van der Waals surface area contributed by atoms with Crippen molar-refractivity contribution in [2.24, 2.45) is 17.3 Å². The van der Waals surface area contributed by atoms with Crippen LogP contribution in [0.4, 0.5) is 0 Å². The molecule has 2 unspecified atom stereocenters. The maximum absolute atomic E-state index is 12.8. The number of carbonyl (C=O) groups is 2. The number of hydrogen-bond donors (Lipinski definition) is 0. The molecule has 2 saturated carbocycles. The first-order valence-corrected chi connectivity index (χ1v) is 9.53. The first-order chi connectivity index (χ1) is 12.1. The molecule has 5 heteroatoms. The highest BCUT2D eigenvalue weighted by molar-refractivity contribution is 5.84. The summed E-state index contributed by atoms with van der Waals surface area (Å²) in [5.41, 5.74) is 0.974. The van der Waals surface area contributed by atoms with Gasteiger partial charge in [-0.1, -0.05) is 18.9 Å². The third kappa shape index (κ3) is 3.16. The van der Waals surface area contributed by atoms with E-state index in [-0.39, 0.29) is 23.2 Å². The van der Waals surface area contributed by atoms with Crippen molar-refractivity contribution in [3.05, 3.63) is 30.1 Å². The van der Waals surface area contributed by atoms with Crippen LogP contribution in [0, 0.1) is 17.3 Å². The van der Waals surface area contributed by atoms with Gasteiger partial charge >= 0.3 is 0 Å². The molecule has 0 aromatic carbocycles. The molecule has 2 aliphatic carbocycles. The predicted molar refractivity (Wildman–Crippen MR) is 94.4 cm³/mol. The fraction of sp³-hybridized carbons (Fsp3) is 0.650. The summed E-state index contributed by atoms with van der Waals surface area (Å²) < 4.78 is 0. The second-order valence-corrected chi connectivity index (χ2v) is 8.13. The molecule has 5 nitrogen and oxygen atoms in total. The lowest BCUT2D eigenvalue weighted by Crippen LogP contribution is -2.34. The Balaban J connectivity index is 1.33. The molecule has 3 fully saturated rings. The molecular formula is C20H27N3O2. The maximum atomic E-state index is 12.8. The van der Waals surface area contributed by atoms with Gasteiger partial charge in [-0.15, -0.1) is 0 Å². The van der Waals surface area contributed by atoms with E-state index in [9.17, 15) is 9.59 Å². The second-order valence-electron chi connectivity index (χ2n) is 8.13. The highest BCUT2D eigenvalue weighted by atomic mass is 16.2. The van der Waals surface area contributed by atoms with Crippen molar-refractivity contribution in [1.29, 1.82) is 0 Å². The molecule has 134 valence electrons. The van der Waals surface area contributed by atoms with Crippen LogP contribution in [-0.4, -0.2) is 46.7 Å². The number of carbonyl (C=O) groups excluding carboxylic acids is 2. The molecule has 0 bridgehead atoms. The monoisotopic (exact) mass is 341 g/mol. The molecule has 4 rings (SSSR count). The van der Waals surface area contributed by atoms with E-state index in [4.69, 9.17) is 0 Å². The Kier molecular flexibility index (Phi) is 4.26. The fourth-order valence-corrected chi connectivity index (χ4v) is 4.74.